The number of carbonyl (C=O) groups is 3. The molecule has 0 unspecified atom stereocenters. The molecular formula is C66H128O6. The summed E-state index contributed by atoms with van der Waals surface area (Å²) < 4.78 is 17.0. The molecule has 0 fully saturated rings. The third-order valence-electron chi connectivity index (χ3n) is 15.3. The zero-order chi connectivity index (χ0) is 52.3. The molecule has 1 atom stereocenters. The lowest BCUT2D eigenvalue weighted by Gasteiger charge is -2.18. The molecule has 6 heteroatoms. The van der Waals surface area contributed by atoms with Crippen LogP contribution in [0, 0.1) is 5.92 Å². The highest BCUT2D eigenvalue weighted by atomic mass is 16.6. The van der Waals surface area contributed by atoms with E-state index in [0.717, 1.165) is 63.7 Å². The predicted octanol–water partition coefficient (Wildman–Crippen LogP) is 22.1. The van der Waals surface area contributed by atoms with E-state index in [9.17, 15) is 14.4 Å². The summed E-state index contributed by atoms with van der Waals surface area (Å²) in [6.45, 7) is 9.09. The van der Waals surface area contributed by atoms with E-state index in [4.69, 9.17) is 14.2 Å². The molecule has 0 N–H and O–H groups in total. The monoisotopic (exact) mass is 1020 g/mol. The molecule has 0 amide bonds. The standard InChI is InChI=1S/C66H128O6/c1-5-7-9-11-13-15-17-19-21-23-25-27-29-33-37-41-45-49-53-57-64(67)70-60-63(61-71-65(68)58-54-50-46-42-38-35-31-32-36-40-44-48-52-56-62(3)4)72-66(69)59-55-51-47-43-39-34-30-28-26-24-22-20-18-16-14-12-10-8-6-2/h62-63H,5-61H2,1-4H3/t63-/m1/s1. The van der Waals surface area contributed by atoms with Gasteiger partial charge in [0.15, 0.2) is 6.10 Å². The highest BCUT2D eigenvalue weighted by molar-refractivity contribution is 5.71. The third kappa shape index (κ3) is 59.3. The molecule has 0 heterocycles. The molecular weight excluding hydrogens is 889 g/mol. The normalized spacial score (nSPS) is 12.0. The summed E-state index contributed by atoms with van der Waals surface area (Å²) in [6.07, 6.45) is 68.2. The number of carbonyl (C=O) groups excluding carboxylic acids is 3. The molecule has 0 rings (SSSR count). The van der Waals surface area contributed by atoms with Crippen LogP contribution >= 0.6 is 0 Å². The van der Waals surface area contributed by atoms with Crippen LogP contribution in [-0.4, -0.2) is 37.2 Å². The lowest BCUT2D eigenvalue weighted by atomic mass is 10.0. The maximum absolute atomic E-state index is 12.9. The summed E-state index contributed by atoms with van der Waals surface area (Å²) in [5.41, 5.74) is 0. The maximum Gasteiger partial charge on any atom is 0.306 e. The fraction of sp³-hybridized carbons (Fsp3) is 0.955. The van der Waals surface area contributed by atoms with Crippen LogP contribution in [0.3, 0.4) is 0 Å². The first-order valence-corrected chi connectivity index (χ1v) is 32.9. The summed E-state index contributed by atoms with van der Waals surface area (Å²) >= 11 is 0. The first-order valence-electron chi connectivity index (χ1n) is 32.9. The molecule has 428 valence electrons. The summed E-state index contributed by atoms with van der Waals surface area (Å²) in [5, 5.41) is 0. The average Bonchev–Trinajstić information content (AvgIpc) is 3.37. The Bertz CT molecular complexity index is 1090. The molecule has 0 saturated carbocycles. The topological polar surface area (TPSA) is 78.9 Å². The van der Waals surface area contributed by atoms with Crippen molar-refractivity contribution in [1.82, 2.24) is 0 Å². The van der Waals surface area contributed by atoms with Gasteiger partial charge < -0.3 is 14.2 Å². The number of ether oxygens (including phenoxy) is 3. The van der Waals surface area contributed by atoms with Crippen LogP contribution in [0.1, 0.15) is 381 Å². The van der Waals surface area contributed by atoms with E-state index >= 15 is 0 Å². The van der Waals surface area contributed by atoms with Crippen molar-refractivity contribution in [3.8, 4) is 0 Å². The Morgan fingerprint density at radius 1 is 0.264 bits per heavy atom. The zero-order valence-electron chi connectivity index (χ0n) is 49.4. The Balaban J connectivity index is 4.28. The molecule has 0 aliphatic rings. The van der Waals surface area contributed by atoms with Crippen molar-refractivity contribution in [2.75, 3.05) is 13.2 Å². The average molecular weight is 1020 g/mol. The highest BCUT2D eigenvalue weighted by Crippen LogP contribution is 2.19. The molecule has 0 aliphatic carbocycles. The van der Waals surface area contributed by atoms with Crippen LogP contribution in [0.5, 0.6) is 0 Å². The zero-order valence-corrected chi connectivity index (χ0v) is 49.4. The number of hydrogen-bond donors (Lipinski definition) is 0. The first-order chi connectivity index (χ1) is 35.4. The number of rotatable bonds is 61. The van der Waals surface area contributed by atoms with Crippen LogP contribution in [-0.2, 0) is 28.6 Å². The van der Waals surface area contributed by atoms with Gasteiger partial charge in [0.05, 0.1) is 0 Å². The number of hydrogen-bond acceptors (Lipinski definition) is 6. The largest absolute Gasteiger partial charge is 0.462 e. The van der Waals surface area contributed by atoms with E-state index in [2.05, 4.69) is 27.7 Å². The number of esters is 3. The van der Waals surface area contributed by atoms with E-state index in [0.29, 0.717) is 19.3 Å². The van der Waals surface area contributed by atoms with Gasteiger partial charge in [-0.15, -0.1) is 0 Å². The quantitative estimate of drug-likeness (QED) is 0.0343. The van der Waals surface area contributed by atoms with Crippen LogP contribution < -0.4 is 0 Å². The fourth-order valence-electron chi connectivity index (χ4n) is 10.3. The summed E-state index contributed by atoms with van der Waals surface area (Å²) in [7, 11) is 0. The van der Waals surface area contributed by atoms with Crippen LogP contribution in [0.25, 0.3) is 0 Å². The van der Waals surface area contributed by atoms with Crippen molar-refractivity contribution < 1.29 is 28.6 Å². The lowest BCUT2D eigenvalue weighted by Crippen LogP contribution is -2.30. The van der Waals surface area contributed by atoms with Gasteiger partial charge in [0, 0.05) is 19.3 Å². The van der Waals surface area contributed by atoms with Crippen molar-refractivity contribution in [3.63, 3.8) is 0 Å². The molecule has 0 aliphatic heterocycles. The van der Waals surface area contributed by atoms with Gasteiger partial charge in [-0.3, -0.25) is 14.4 Å². The van der Waals surface area contributed by atoms with Crippen molar-refractivity contribution in [3.05, 3.63) is 0 Å². The lowest BCUT2D eigenvalue weighted by molar-refractivity contribution is -0.167. The summed E-state index contributed by atoms with van der Waals surface area (Å²) in [4.78, 5) is 38.3. The Morgan fingerprint density at radius 3 is 0.681 bits per heavy atom. The van der Waals surface area contributed by atoms with E-state index in [1.807, 2.05) is 0 Å². The molecule has 0 aromatic carbocycles. The minimum Gasteiger partial charge on any atom is -0.462 e. The Kier molecular flexibility index (Phi) is 58.9. The highest BCUT2D eigenvalue weighted by Gasteiger charge is 2.19. The molecule has 0 radical (unpaired) electrons. The SMILES string of the molecule is CCCCCCCCCCCCCCCCCCCCCC(=O)OC[C@H](COC(=O)CCCCCCCCCCCCCCCC(C)C)OC(=O)CCCCCCCCCCCCCCCCCCCCC. The van der Waals surface area contributed by atoms with Gasteiger partial charge in [0.2, 0.25) is 0 Å². The van der Waals surface area contributed by atoms with Crippen molar-refractivity contribution in [2.45, 2.75) is 387 Å². The van der Waals surface area contributed by atoms with Gasteiger partial charge in [-0.1, -0.05) is 342 Å². The van der Waals surface area contributed by atoms with Crippen molar-refractivity contribution in [1.29, 1.82) is 0 Å². The summed E-state index contributed by atoms with van der Waals surface area (Å²) in [6, 6.07) is 0. The van der Waals surface area contributed by atoms with E-state index < -0.39 is 6.10 Å². The van der Waals surface area contributed by atoms with Gasteiger partial charge in [0.1, 0.15) is 13.2 Å². The van der Waals surface area contributed by atoms with Gasteiger partial charge in [-0.25, -0.2) is 0 Å². The van der Waals surface area contributed by atoms with Gasteiger partial charge in [-0.2, -0.15) is 0 Å². The molecule has 0 spiro atoms. The van der Waals surface area contributed by atoms with Gasteiger partial charge in [0.25, 0.3) is 0 Å². The second kappa shape index (κ2) is 60.3. The van der Waals surface area contributed by atoms with E-state index in [1.54, 1.807) is 0 Å². The molecule has 72 heavy (non-hydrogen) atoms. The Hall–Kier alpha value is -1.59. The van der Waals surface area contributed by atoms with Crippen LogP contribution in [0.15, 0.2) is 0 Å². The second-order valence-corrected chi connectivity index (χ2v) is 23.2. The van der Waals surface area contributed by atoms with Gasteiger partial charge in [-0.05, 0) is 25.2 Å². The minimum absolute atomic E-state index is 0.0610. The smallest absolute Gasteiger partial charge is 0.306 e. The molecule has 6 nitrogen and oxygen atoms in total. The van der Waals surface area contributed by atoms with Crippen molar-refractivity contribution >= 4 is 17.9 Å². The maximum atomic E-state index is 12.9. The van der Waals surface area contributed by atoms with E-state index in [-0.39, 0.29) is 31.1 Å². The fourth-order valence-corrected chi connectivity index (χ4v) is 10.3. The molecule has 0 aromatic rings. The number of unbranched alkanes of at least 4 members (excludes halogenated alkanes) is 48. The molecule has 0 aromatic heterocycles. The Morgan fingerprint density at radius 2 is 0.458 bits per heavy atom. The van der Waals surface area contributed by atoms with Crippen LogP contribution in [0.2, 0.25) is 0 Å². The second-order valence-electron chi connectivity index (χ2n) is 23.2. The predicted molar refractivity (Wildman–Crippen MR) is 312 cm³/mol. The van der Waals surface area contributed by atoms with Crippen LogP contribution in [0.4, 0.5) is 0 Å². The first kappa shape index (κ1) is 70.4. The van der Waals surface area contributed by atoms with Gasteiger partial charge >= 0.3 is 17.9 Å². The minimum atomic E-state index is -0.763. The molecule has 0 bridgehead atoms. The van der Waals surface area contributed by atoms with Crippen molar-refractivity contribution in [2.24, 2.45) is 5.92 Å². The Labute approximate surface area is 450 Å². The third-order valence-corrected chi connectivity index (χ3v) is 15.3. The molecule has 0 saturated heterocycles. The van der Waals surface area contributed by atoms with E-state index in [1.165, 1.54) is 276 Å². The summed E-state index contributed by atoms with van der Waals surface area (Å²) in [5.74, 6) is 0.0138.